The molecule has 4 aromatic rings. The van der Waals surface area contributed by atoms with Crippen LogP contribution in [0.15, 0.2) is 63.8 Å². The molecule has 0 aliphatic carbocycles. The number of nitrogens with zero attached hydrogens (tertiary/aromatic N) is 2. The molecule has 0 bridgehead atoms. The van der Waals surface area contributed by atoms with Crippen molar-refractivity contribution in [3.05, 3.63) is 76.8 Å². The fourth-order valence-corrected chi connectivity index (χ4v) is 2.47. The number of ether oxygens (including phenoxy) is 1. The van der Waals surface area contributed by atoms with Crippen LogP contribution < -0.4 is 10.5 Å². The second-order valence-corrected chi connectivity index (χ2v) is 5.44. The predicted octanol–water partition coefficient (Wildman–Crippen LogP) is 3.75. The average Bonchev–Trinajstić information content (AvgIpc) is 2.97. The number of rotatable bonds is 3. The third-order valence-electron chi connectivity index (χ3n) is 3.67. The van der Waals surface area contributed by atoms with Crippen molar-refractivity contribution in [2.24, 2.45) is 0 Å². The van der Waals surface area contributed by atoms with Gasteiger partial charge in [0.2, 0.25) is 0 Å². The Morgan fingerprint density at radius 2 is 1.81 bits per heavy atom. The first kappa shape index (κ1) is 15.8. The van der Waals surface area contributed by atoms with Gasteiger partial charge in [-0.3, -0.25) is 0 Å². The van der Waals surface area contributed by atoms with Crippen LogP contribution in [0.5, 0.6) is 17.6 Å². The summed E-state index contributed by atoms with van der Waals surface area (Å²) in [6.45, 7) is 0. The maximum absolute atomic E-state index is 13.6. The molecule has 0 aliphatic rings. The van der Waals surface area contributed by atoms with Crippen LogP contribution in [-0.4, -0.2) is 14.9 Å². The van der Waals surface area contributed by atoms with Crippen LogP contribution in [-0.2, 0) is 0 Å². The maximum Gasteiger partial charge on any atom is 0.444 e. The molecule has 0 atom stereocenters. The molecule has 0 saturated heterocycles. The fraction of sp³-hybridized carbons (Fsp3) is 0. The minimum Gasteiger partial charge on any atom is -0.508 e. The first-order chi connectivity index (χ1) is 12.5. The van der Waals surface area contributed by atoms with Crippen molar-refractivity contribution in [2.75, 3.05) is 0 Å². The lowest BCUT2D eigenvalue weighted by Crippen LogP contribution is -2.13. The molecule has 1 heterocycles. The Kier molecular flexibility index (Phi) is 3.65. The topological polar surface area (TPSA) is 77.5 Å². The fourth-order valence-electron chi connectivity index (χ4n) is 2.47. The summed E-state index contributed by atoms with van der Waals surface area (Å²) in [5, 5.41) is 15.0. The van der Waals surface area contributed by atoms with E-state index >= 15 is 0 Å². The summed E-state index contributed by atoms with van der Waals surface area (Å²) in [4.78, 5) is 12.0. The number of benzene rings is 3. The molecule has 4 rings (SSSR count). The van der Waals surface area contributed by atoms with E-state index in [4.69, 9.17) is 9.15 Å². The van der Waals surface area contributed by atoms with E-state index in [1.807, 2.05) is 0 Å². The third kappa shape index (κ3) is 2.88. The van der Waals surface area contributed by atoms with Crippen LogP contribution in [0.25, 0.3) is 16.5 Å². The molecule has 0 fully saturated rings. The zero-order valence-electron chi connectivity index (χ0n) is 13.0. The summed E-state index contributed by atoms with van der Waals surface area (Å²) in [6.07, 6.45) is -0.489. The molecule has 6 nitrogen and oxygen atoms in total. The SMILES string of the molecule is O=c1oc(Oc2ccc(F)cc2F)nn1-c1ccc2ccc(O)cc2c1. The predicted molar refractivity (Wildman–Crippen MR) is 87.7 cm³/mol. The Morgan fingerprint density at radius 3 is 2.62 bits per heavy atom. The second kappa shape index (κ2) is 5.99. The Bertz CT molecular complexity index is 1180. The summed E-state index contributed by atoms with van der Waals surface area (Å²) >= 11 is 0. The smallest absolute Gasteiger partial charge is 0.444 e. The molecular weight excluding hydrogens is 346 g/mol. The zero-order chi connectivity index (χ0) is 18.3. The van der Waals surface area contributed by atoms with E-state index in [0.717, 1.165) is 22.2 Å². The summed E-state index contributed by atoms with van der Waals surface area (Å²) in [5.41, 5.74) is 0.367. The van der Waals surface area contributed by atoms with Gasteiger partial charge in [0, 0.05) is 6.07 Å². The largest absolute Gasteiger partial charge is 0.508 e. The monoisotopic (exact) mass is 356 g/mol. The second-order valence-electron chi connectivity index (χ2n) is 5.44. The van der Waals surface area contributed by atoms with E-state index < -0.39 is 23.5 Å². The van der Waals surface area contributed by atoms with E-state index in [0.29, 0.717) is 17.1 Å². The first-order valence-electron chi connectivity index (χ1n) is 7.46. The van der Waals surface area contributed by atoms with Gasteiger partial charge < -0.3 is 14.3 Å². The van der Waals surface area contributed by atoms with Gasteiger partial charge in [-0.05, 0) is 47.2 Å². The number of fused-ring (bicyclic) bond motifs is 1. The Morgan fingerprint density at radius 1 is 1.00 bits per heavy atom. The number of hydrogen-bond acceptors (Lipinski definition) is 5. The van der Waals surface area contributed by atoms with Gasteiger partial charge in [-0.2, -0.15) is 4.68 Å². The van der Waals surface area contributed by atoms with Crippen LogP contribution >= 0.6 is 0 Å². The van der Waals surface area contributed by atoms with Crippen molar-refractivity contribution in [3.8, 4) is 23.3 Å². The normalized spacial score (nSPS) is 11.0. The molecule has 0 radical (unpaired) electrons. The van der Waals surface area contributed by atoms with Gasteiger partial charge in [0.05, 0.1) is 5.69 Å². The molecule has 3 aromatic carbocycles. The molecule has 1 N–H and O–H groups in total. The first-order valence-corrected chi connectivity index (χ1v) is 7.46. The van der Waals surface area contributed by atoms with Gasteiger partial charge in [-0.15, -0.1) is 0 Å². The molecule has 0 amide bonds. The third-order valence-corrected chi connectivity index (χ3v) is 3.67. The highest BCUT2D eigenvalue weighted by molar-refractivity contribution is 5.85. The van der Waals surface area contributed by atoms with Crippen molar-refractivity contribution in [1.29, 1.82) is 0 Å². The molecule has 130 valence electrons. The number of phenols is 1. The minimum absolute atomic E-state index is 0.0814. The van der Waals surface area contributed by atoms with Gasteiger partial charge in [-0.25, -0.2) is 13.6 Å². The number of halogens is 2. The lowest BCUT2D eigenvalue weighted by Gasteiger charge is -2.03. The van der Waals surface area contributed by atoms with Gasteiger partial charge >= 0.3 is 11.8 Å². The van der Waals surface area contributed by atoms with Gasteiger partial charge in [0.25, 0.3) is 0 Å². The van der Waals surface area contributed by atoms with E-state index in [9.17, 15) is 18.7 Å². The Hall–Kier alpha value is -3.68. The highest BCUT2D eigenvalue weighted by atomic mass is 19.1. The highest BCUT2D eigenvalue weighted by Crippen LogP contribution is 2.25. The molecule has 0 saturated carbocycles. The maximum atomic E-state index is 13.6. The van der Waals surface area contributed by atoms with Gasteiger partial charge in [-0.1, -0.05) is 17.2 Å². The quantitative estimate of drug-likeness (QED) is 0.605. The zero-order valence-corrected chi connectivity index (χ0v) is 13.0. The Labute approximate surface area is 144 Å². The van der Waals surface area contributed by atoms with Crippen molar-refractivity contribution in [1.82, 2.24) is 9.78 Å². The summed E-state index contributed by atoms with van der Waals surface area (Å²) in [5.74, 6) is -2.81. The lowest BCUT2D eigenvalue weighted by molar-refractivity contribution is 0.308. The number of aromatic nitrogens is 2. The van der Waals surface area contributed by atoms with Crippen molar-refractivity contribution >= 4 is 10.8 Å². The Balaban J connectivity index is 1.71. The van der Waals surface area contributed by atoms with Crippen LogP contribution in [0.3, 0.4) is 0 Å². The molecular formula is C18H10F2N2O4. The number of phenolic OH excluding ortho intramolecular Hbond substituents is 1. The summed E-state index contributed by atoms with van der Waals surface area (Å²) in [7, 11) is 0. The van der Waals surface area contributed by atoms with E-state index in [1.54, 1.807) is 30.3 Å². The van der Waals surface area contributed by atoms with E-state index in [1.165, 1.54) is 6.07 Å². The standard InChI is InChI=1S/C18H10F2N2O4/c19-12-3-6-16(15(20)9-12)25-17-21-22(18(24)26-17)13-4-1-10-2-5-14(23)8-11(10)7-13/h1-9,23H. The number of hydrogen-bond donors (Lipinski definition) is 1. The molecule has 0 unspecified atom stereocenters. The van der Waals surface area contributed by atoms with Crippen molar-refractivity contribution in [3.63, 3.8) is 0 Å². The van der Waals surface area contributed by atoms with E-state index in [-0.39, 0.29) is 11.5 Å². The van der Waals surface area contributed by atoms with Crippen LogP contribution in [0.2, 0.25) is 0 Å². The van der Waals surface area contributed by atoms with Crippen LogP contribution in [0.4, 0.5) is 8.78 Å². The van der Waals surface area contributed by atoms with Gasteiger partial charge in [0.1, 0.15) is 11.6 Å². The van der Waals surface area contributed by atoms with Crippen molar-refractivity contribution < 1.29 is 23.0 Å². The molecule has 0 spiro atoms. The summed E-state index contributed by atoms with van der Waals surface area (Å²) in [6, 6.07) is 12.5. The lowest BCUT2D eigenvalue weighted by atomic mass is 10.1. The molecule has 0 aliphatic heterocycles. The van der Waals surface area contributed by atoms with Crippen LogP contribution in [0.1, 0.15) is 0 Å². The molecule has 1 aromatic heterocycles. The average molecular weight is 356 g/mol. The minimum atomic E-state index is -0.955. The number of aromatic hydroxyl groups is 1. The van der Waals surface area contributed by atoms with Crippen molar-refractivity contribution in [2.45, 2.75) is 0 Å². The summed E-state index contributed by atoms with van der Waals surface area (Å²) < 4.78 is 37.4. The van der Waals surface area contributed by atoms with E-state index in [2.05, 4.69) is 5.10 Å². The molecule has 8 heteroatoms. The van der Waals surface area contributed by atoms with Crippen LogP contribution in [0, 0.1) is 11.6 Å². The van der Waals surface area contributed by atoms with Gasteiger partial charge in [0.15, 0.2) is 11.6 Å². The molecule has 26 heavy (non-hydrogen) atoms. The highest BCUT2D eigenvalue weighted by Gasteiger charge is 2.15.